The first-order valence-corrected chi connectivity index (χ1v) is 11.2. The summed E-state index contributed by atoms with van der Waals surface area (Å²) in [5, 5.41) is 3.75. The Morgan fingerprint density at radius 1 is 1.17 bits per heavy atom. The molecule has 29 heavy (non-hydrogen) atoms. The van der Waals surface area contributed by atoms with Gasteiger partial charge >= 0.3 is 0 Å². The largest absolute Gasteiger partial charge is 0.497 e. The van der Waals surface area contributed by atoms with Crippen LogP contribution in [0.4, 0.5) is 0 Å². The summed E-state index contributed by atoms with van der Waals surface area (Å²) in [6.07, 6.45) is 6.05. The summed E-state index contributed by atoms with van der Waals surface area (Å²) in [6.45, 7) is 7.24. The van der Waals surface area contributed by atoms with Gasteiger partial charge in [0.2, 0.25) is 0 Å². The van der Waals surface area contributed by atoms with E-state index in [1.807, 2.05) is 7.05 Å². The Kier molecular flexibility index (Phi) is 6.60. The Labute approximate surface area is 175 Å². The second kappa shape index (κ2) is 9.35. The number of hydrogen-bond acceptors (Lipinski definition) is 4. The second-order valence-electron chi connectivity index (χ2n) is 8.64. The SMILES string of the molecule is CN=C(NCC1(N2CCCC2)CCOCC1)N1CCC(c2ccc(OC)cc2)C1. The zero-order valence-corrected chi connectivity index (χ0v) is 18.0. The van der Waals surface area contributed by atoms with E-state index in [1.165, 1.54) is 31.5 Å². The molecule has 3 heterocycles. The van der Waals surface area contributed by atoms with Crippen molar-refractivity contribution in [1.29, 1.82) is 0 Å². The predicted octanol–water partition coefficient (Wildman–Crippen LogP) is 2.70. The quantitative estimate of drug-likeness (QED) is 0.608. The number of nitrogens with one attached hydrogen (secondary N) is 1. The van der Waals surface area contributed by atoms with Gasteiger partial charge in [-0.15, -0.1) is 0 Å². The molecule has 0 saturated carbocycles. The van der Waals surface area contributed by atoms with E-state index in [-0.39, 0.29) is 5.54 Å². The van der Waals surface area contributed by atoms with Crippen molar-refractivity contribution in [2.24, 2.45) is 4.99 Å². The van der Waals surface area contributed by atoms with Crippen molar-refractivity contribution in [3.63, 3.8) is 0 Å². The highest BCUT2D eigenvalue weighted by atomic mass is 16.5. The maximum atomic E-state index is 5.69. The minimum Gasteiger partial charge on any atom is -0.497 e. The molecule has 0 bridgehead atoms. The van der Waals surface area contributed by atoms with E-state index in [9.17, 15) is 0 Å². The van der Waals surface area contributed by atoms with Crippen molar-refractivity contribution < 1.29 is 9.47 Å². The molecule has 0 spiro atoms. The highest BCUT2D eigenvalue weighted by Gasteiger charge is 2.40. The Morgan fingerprint density at radius 3 is 2.55 bits per heavy atom. The van der Waals surface area contributed by atoms with Crippen LogP contribution >= 0.6 is 0 Å². The lowest BCUT2D eigenvalue weighted by Gasteiger charge is -2.45. The molecule has 0 aliphatic carbocycles. The number of hydrogen-bond donors (Lipinski definition) is 1. The van der Waals surface area contributed by atoms with Gasteiger partial charge in [-0.2, -0.15) is 0 Å². The van der Waals surface area contributed by atoms with E-state index in [0.29, 0.717) is 5.92 Å². The zero-order valence-electron chi connectivity index (χ0n) is 18.0. The van der Waals surface area contributed by atoms with Gasteiger partial charge in [0.1, 0.15) is 5.75 Å². The summed E-state index contributed by atoms with van der Waals surface area (Å²) in [6, 6.07) is 8.53. The molecule has 0 radical (unpaired) electrons. The fourth-order valence-electron chi connectivity index (χ4n) is 5.22. The summed E-state index contributed by atoms with van der Waals surface area (Å²) in [7, 11) is 3.63. The van der Waals surface area contributed by atoms with Crippen LogP contribution in [0.15, 0.2) is 29.3 Å². The summed E-state index contributed by atoms with van der Waals surface area (Å²) < 4.78 is 11.0. The molecule has 6 nitrogen and oxygen atoms in total. The van der Waals surface area contributed by atoms with Gasteiger partial charge in [0, 0.05) is 51.4 Å². The van der Waals surface area contributed by atoms with Gasteiger partial charge in [-0.05, 0) is 62.9 Å². The van der Waals surface area contributed by atoms with Crippen LogP contribution in [0.5, 0.6) is 5.75 Å². The number of guanidine groups is 1. The first-order chi connectivity index (χ1) is 14.2. The molecular weight excluding hydrogens is 364 g/mol. The van der Waals surface area contributed by atoms with Crippen LogP contribution < -0.4 is 10.1 Å². The molecule has 3 aliphatic heterocycles. The Morgan fingerprint density at radius 2 is 1.90 bits per heavy atom. The molecule has 1 aromatic carbocycles. The average Bonchev–Trinajstić information content (AvgIpc) is 3.48. The van der Waals surface area contributed by atoms with Crippen LogP contribution in [0.25, 0.3) is 0 Å². The molecule has 1 unspecified atom stereocenters. The fraction of sp³-hybridized carbons (Fsp3) is 0.696. The number of nitrogens with zero attached hydrogens (tertiary/aromatic N) is 3. The lowest BCUT2D eigenvalue weighted by Crippen LogP contribution is -2.58. The van der Waals surface area contributed by atoms with E-state index in [1.54, 1.807) is 7.11 Å². The molecule has 1 atom stereocenters. The molecule has 160 valence electrons. The summed E-state index contributed by atoms with van der Waals surface area (Å²) in [4.78, 5) is 9.76. The van der Waals surface area contributed by atoms with Crippen molar-refractivity contribution in [2.45, 2.75) is 43.6 Å². The van der Waals surface area contributed by atoms with Crippen molar-refractivity contribution >= 4 is 5.96 Å². The van der Waals surface area contributed by atoms with Crippen molar-refractivity contribution in [3.8, 4) is 5.75 Å². The number of ether oxygens (including phenoxy) is 2. The summed E-state index contributed by atoms with van der Waals surface area (Å²) in [5.74, 6) is 2.52. The molecule has 3 saturated heterocycles. The molecule has 0 aromatic heterocycles. The van der Waals surface area contributed by atoms with Gasteiger partial charge in [-0.25, -0.2) is 0 Å². The van der Waals surface area contributed by atoms with Crippen molar-refractivity contribution in [2.75, 3.05) is 60.1 Å². The lowest BCUT2D eigenvalue weighted by molar-refractivity contribution is -0.0166. The van der Waals surface area contributed by atoms with Gasteiger partial charge in [-0.3, -0.25) is 9.89 Å². The number of rotatable bonds is 5. The summed E-state index contributed by atoms with van der Waals surface area (Å²) >= 11 is 0. The van der Waals surface area contributed by atoms with Gasteiger partial charge in [0.25, 0.3) is 0 Å². The molecule has 3 fully saturated rings. The third-order valence-electron chi connectivity index (χ3n) is 7.06. The van der Waals surface area contributed by atoms with E-state index in [2.05, 4.69) is 44.4 Å². The third kappa shape index (κ3) is 4.53. The smallest absolute Gasteiger partial charge is 0.193 e. The molecule has 1 aromatic rings. The van der Waals surface area contributed by atoms with E-state index >= 15 is 0 Å². The maximum Gasteiger partial charge on any atom is 0.193 e. The average molecular weight is 401 g/mol. The minimum atomic E-state index is 0.222. The molecule has 1 N–H and O–H groups in total. The van der Waals surface area contributed by atoms with E-state index in [4.69, 9.17) is 9.47 Å². The van der Waals surface area contributed by atoms with Crippen LogP contribution in [0.1, 0.15) is 43.6 Å². The Bertz CT molecular complexity index is 679. The van der Waals surface area contributed by atoms with Crippen LogP contribution in [-0.4, -0.2) is 81.4 Å². The van der Waals surface area contributed by atoms with Crippen LogP contribution in [0.2, 0.25) is 0 Å². The first kappa shape index (κ1) is 20.5. The first-order valence-electron chi connectivity index (χ1n) is 11.2. The van der Waals surface area contributed by atoms with Gasteiger partial charge < -0.3 is 19.7 Å². The number of aliphatic imine (C=N–C) groups is 1. The van der Waals surface area contributed by atoms with Crippen LogP contribution in [0, 0.1) is 0 Å². The Balaban J connectivity index is 1.37. The number of methoxy groups -OCH3 is 1. The molecule has 0 amide bonds. The zero-order chi connectivity index (χ0) is 20.1. The van der Waals surface area contributed by atoms with Crippen molar-refractivity contribution in [1.82, 2.24) is 15.1 Å². The van der Waals surface area contributed by atoms with Crippen LogP contribution in [-0.2, 0) is 4.74 Å². The van der Waals surface area contributed by atoms with Gasteiger partial charge in [-0.1, -0.05) is 12.1 Å². The fourth-order valence-corrected chi connectivity index (χ4v) is 5.22. The number of benzene rings is 1. The topological polar surface area (TPSA) is 49.3 Å². The van der Waals surface area contributed by atoms with Gasteiger partial charge in [0.05, 0.1) is 7.11 Å². The molecule has 6 heteroatoms. The van der Waals surface area contributed by atoms with Crippen LogP contribution in [0.3, 0.4) is 0 Å². The van der Waals surface area contributed by atoms with Gasteiger partial charge in [0.15, 0.2) is 5.96 Å². The molecule has 3 aliphatic rings. The second-order valence-corrected chi connectivity index (χ2v) is 8.64. The Hall–Kier alpha value is -1.79. The standard InChI is InChI=1S/C23H36N4O2/c1-24-22(25-18-23(10-15-29-16-11-23)27-12-3-4-13-27)26-14-9-20(17-26)19-5-7-21(28-2)8-6-19/h5-8,20H,3-4,9-18H2,1-2H3,(H,24,25). The van der Waals surface area contributed by atoms with E-state index < -0.39 is 0 Å². The summed E-state index contributed by atoms with van der Waals surface area (Å²) in [5.41, 5.74) is 1.61. The van der Waals surface area contributed by atoms with Crippen molar-refractivity contribution in [3.05, 3.63) is 29.8 Å². The van der Waals surface area contributed by atoms with E-state index in [0.717, 1.165) is 63.8 Å². The highest BCUT2D eigenvalue weighted by molar-refractivity contribution is 5.80. The predicted molar refractivity (Wildman–Crippen MR) is 117 cm³/mol. The lowest BCUT2D eigenvalue weighted by atomic mass is 9.88. The highest BCUT2D eigenvalue weighted by Crippen LogP contribution is 2.32. The number of likely N-dealkylation sites (tertiary alicyclic amines) is 2. The molecular formula is C23H36N4O2. The normalized spacial score (nSPS) is 25.4. The maximum absolute atomic E-state index is 5.69. The monoisotopic (exact) mass is 400 g/mol. The third-order valence-corrected chi connectivity index (χ3v) is 7.06. The minimum absolute atomic E-state index is 0.222. The molecule has 4 rings (SSSR count).